The molecule has 0 aliphatic carbocycles. The molecule has 0 atom stereocenters. The van der Waals surface area contributed by atoms with Gasteiger partial charge in [-0.2, -0.15) is 0 Å². The van der Waals surface area contributed by atoms with Crippen LogP contribution >= 0.6 is 0 Å². The average Bonchev–Trinajstić information content (AvgIpc) is 3.05. The minimum atomic E-state index is -0.327. The molecule has 2 aromatic carbocycles. The predicted octanol–water partition coefficient (Wildman–Crippen LogP) is 4.27. The molecule has 0 saturated heterocycles. The van der Waals surface area contributed by atoms with Crippen molar-refractivity contribution in [2.75, 3.05) is 5.32 Å². The fourth-order valence-electron chi connectivity index (χ4n) is 2.70. The first-order valence-electron chi connectivity index (χ1n) is 7.68. The summed E-state index contributed by atoms with van der Waals surface area (Å²) in [5.41, 5.74) is 4.60. The van der Waals surface area contributed by atoms with Crippen molar-refractivity contribution in [3.63, 3.8) is 0 Å². The standard InChI is InChI=1S/C19H15FN4/c1-12-2-5-17(20)16(8-12)19-22-7-6-18(24-19)23-15-4-3-13-10-21-11-14(13)9-15/h2-9,11H,10H2,1H3,(H,22,23,24). The van der Waals surface area contributed by atoms with Crippen LogP contribution in [0.2, 0.25) is 0 Å². The summed E-state index contributed by atoms with van der Waals surface area (Å²) in [5.74, 6) is 0.659. The summed E-state index contributed by atoms with van der Waals surface area (Å²) >= 11 is 0. The Morgan fingerprint density at radius 2 is 2.00 bits per heavy atom. The summed E-state index contributed by atoms with van der Waals surface area (Å²) < 4.78 is 14.0. The summed E-state index contributed by atoms with van der Waals surface area (Å²) in [4.78, 5) is 12.9. The van der Waals surface area contributed by atoms with E-state index in [4.69, 9.17) is 0 Å². The molecule has 1 aromatic heterocycles. The lowest BCUT2D eigenvalue weighted by molar-refractivity contribution is 0.629. The van der Waals surface area contributed by atoms with E-state index < -0.39 is 0 Å². The largest absolute Gasteiger partial charge is 0.340 e. The summed E-state index contributed by atoms with van der Waals surface area (Å²) in [6.45, 7) is 2.65. The minimum Gasteiger partial charge on any atom is -0.340 e. The molecule has 0 bridgehead atoms. The zero-order valence-corrected chi connectivity index (χ0v) is 13.1. The van der Waals surface area contributed by atoms with E-state index in [1.807, 2.05) is 31.3 Å². The van der Waals surface area contributed by atoms with Crippen molar-refractivity contribution in [1.82, 2.24) is 9.97 Å². The second-order valence-corrected chi connectivity index (χ2v) is 5.76. The molecule has 1 aliphatic rings. The zero-order valence-electron chi connectivity index (χ0n) is 13.1. The third-order valence-electron chi connectivity index (χ3n) is 3.93. The monoisotopic (exact) mass is 318 g/mol. The predicted molar refractivity (Wildman–Crippen MR) is 93.2 cm³/mol. The molecule has 24 heavy (non-hydrogen) atoms. The second kappa shape index (κ2) is 5.85. The molecule has 0 fully saturated rings. The summed E-state index contributed by atoms with van der Waals surface area (Å²) in [6.07, 6.45) is 3.50. The van der Waals surface area contributed by atoms with Gasteiger partial charge in [0.05, 0.1) is 12.1 Å². The smallest absolute Gasteiger partial charge is 0.164 e. The number of halogens is 1. The van der Waals surface area contributed by atoms with Gasteiger partial charge in [-0.1, -0.05) is 17.7 Å². The van der Waals surface area contributed by atoms with E-state index in [1.54, 1.807) is 24.4 Å². The first kappa shape index (κ1) is 14.5. The van der Waals surface area contributed by atoms with Crippen molar-refractivity contribution >= 4 is 17.7 Å². The average molecular weight is 318 g/mol. The van der Waals surface area contributed by atoms with Crippen LogP contribution in [0.15, 0.2) is 53.7 Å². The lowest BCUT2D eigenvalue weighted by Crippen LogP contribution is -1.99. The number of hydrogen-bond donors (Lipinski definition) is 1. The number of aliphatic imine (C=N–C) groups is 1. The van der Waals surface area contributed by atoms with Gasteiger partial charge in [-0.15, -0.1) is 0 Å². The van der Waals surface area contributed by atoms with E-state index in [0.717, 1.165) is 23.4 Å². The van der Waals surface area contributed by atoms with Crippen molar-refractivity contribution in [2.24, 2.45) is 4.99 Å². The van der Waals surface area contributed by atoms with Crippen molar-refractivity contribution in [2.45, 2.75) is 13.5 Å². The summed E-state index contributed by atoms with van der Waals surface area (Å²) in [5, 5.41) is 3.24. The Hall–Kier alpha value is -3.08. The van der Waals surface area contributed by atoms with Gasteiger partial charge in [-0.25, -0.2) is 14.4 Å². The number of aryl methyl sites for hydroxylation is 1. The van der Waals surface area contributed by atoms with Crippen molar-refractivity contribution in [1.29, 1.82) is 0 Å². The molecule has 0 unspecified atom stereocenters. The number of benzene rings is 2. The maximum atomic E-state index is 14.0. The van der Waals surface area contributed by atoms with Crippen LogP contribution in [0, 0.1) is 12.7 Å². The molecule has 0 saturated carbocycles. The maximum absolute atomic E-state index is 14.0. The van der Waals surface area contributed by atoms with Crippen molar-refractivity contribution < 1.29 is 4.39 Å². The molecule has 0 amide bonds. The van der Waals surface area contributed by atoms with Crippen LogP contribution in [0.4, 0.5) is 15.9 Å². The molecule has 118 valence electrons. The Labute approximate surface area is 139 Å². The van der Waals surface area contributed by atoms with E-state index in [2.05, 4.69) is 20.3 Å². The van der Waals surface area contributed by atoms with Crippen LogP contribution in [0.3, 0.4) is 0 Å². The molecular weight excluding hydrogens is 303 g/mol. The molecule has 1 N–H and O–H groups in total. The highest BCUT2D eigenvalue weighted by Gasteiger charge is 2.10. The number of nitrogens with zero attached hydrogens (tertiary/aromatic N) is 3. The Morgan fingerprint density at radius 1 is 1.08 bits per heavy atom. The van der Waals surface area contributed by atoms with Crippen LogP contribution in [-0.2, 0) is 6.54 Å². The third-order valence-corrected chi connectivity index (χ3v) is 3.93. The van der Waals surface area contributed by atoms with E-state index in [0.29, 0.717) is 17.2 Å². The molecule has 3 aromatic rings. The van der Waals surface area contributed by atoms with Crippen LogP contribution in [-0.4, -0.2) is 16.2 Å². The molecule has 2 heterocycles. The molecule has 4 nitrogen and oxygen atoms in total. The number of rotatable bonds is 3. The molecule has 4 rings (SSSR count). The quantitative estimate of drug-likeness (QED) is 0.784. The van der Waals surface area contributed by atoms with Gasteiger partial charge >= 0.3 is 0 Å². The normalized spacial score (nSPS) is 12.2. The van der Waals surface area contributed by atoms with E-state index >= 15 is 0 Å². The van der Waals surface area contributed by atoms with Gasteiger partial charge in [-0.05, 0) is 48.4 Å². The SMILES string of the molecule is Cc1ccc(F)c(-c2nccc(Nc3ccc4c(c3)C=NC4)n2)c1. The first-order valence-corrected chi connectivity index (χ1v) is 7.68. The van der Waals surface area contributed by atoms with Gasteiger partial charge in [0.15, 0.2) is 5.82 Å². The Balaban J connectivity index is 1.65. The van der Waals surface area contributed by atoms with Crippen LogP contribution in [0.5, 0.6) is 0 Å². The highest BCUT2D eigenvalue weighted by atomic mass is 19.1. The fourth-order valence-corrected chi connectivity index (χ4v) is 2.70. The summed E-state index contributed by atoms with van der Waals surface area (Å²) in [7, 11) is 0. The highest BCUT2D eigenvalue weighted by Crippen LogP contribution is 2.24. The van der Waals surface area contributed by atoms with Crippen LogP contribution < -0.4 is 5.32 Å². The zero-order chi connectivity index (χ0) is 16.5. The van der Waals surface area contributed by atoms with Gasteiger partial charge in [0.1, 0.15) is 11.6 Å². The maximum Gasteiger partial charge on any atom is 0.164 e. The highest BCUT2D eigenvalue weighted by molar-refractivity contribution is 5.86. The number of hydrogen-bond acceptors (Lipinski definition) is 4. The molecular formula is C19H15FN4. The van der Waals surface area contributed by atoms with E-state index in [-0.39, 0.29) is 5.82 Å². The fraction of sp³-hybridized carbons (Fsp3) is 0.105. The Kier molecular flexibility index (Phi) is 3.54. The first-order chi connectivity index (χ1) is 11.7. The number of fused-ring (bicyclic) bond motifs is 1. The lowest BCUT2D eigenvalue weighted by Gasteiger charge is -2.09. The van der Waals surface area contributed by atoms with E-state index in [9.17, 15) is 4.39 Å². The van der Waals surface area contributed by atoms with Gasteiger partial charge in [0, 0.05) is 18.1 Å². The number of anilines is 2. The van der Waals surface area contributed by atoms with Crippen molar-refractivity contribution in [3.05, 3.63) is 71.2 Å². The van der Waals surface area contributed by atoms with Gasteiger partial charge < -0.3 is 5.32 Å². The molecule has 1 aliphatic heterocycles. The minimum absolute atomic E-state index is 0.327. The van der Waals surface area contributed by atoms with Crippen molar-refractivity contribution in [3.8, 4) is 11.4 Å². The lowest BCUT2D eigenvalue weighted by atomic mass is 10.1. The molecule has 5 heteroatoms. The number of nitrogens with one attached hydrogen (secondary N) is 1. The van der Waals surface area contributed by atoms with E-state index in [1.165, 1.54) is 11.6 Å². The van der Waals surface area contributed by atoms with Gasteiger partial charge in [0.25, 0.3) is 0 Å². The number of aromatic nitrogens is 2. The van der Waals surface area contributed by atoms with Gasteiger partial charge in [0.2, 0.25) is 0 Å². The Bertz CT molecular complexity index is 950. The van der Waals surface area contributed by atoms with Crippen LogP contribution in [0.1, 0.15) is 16.7 Å². The molecule has 0 radical (unpaired) electrons. The third kappa shape index (κ3) is 2.76. The summed E-state index contributed by atoms with van der Waals surface area (Å²) in [6, 6.07) is 12.7. The topological polar surface area (TPSA) is 50.2 Å². The van der Waals surface area contributed by atoms with Gasteiger partial charge in [-0.3, -0.25) is 4.99 Å². The second-order valence-electron chi connectivity index (χ2n) is 5.76. The van der Waals surface area contributed by atoms with Crippen LogP contribution in [0.25, 0.3) is 11.4 Å². The molecule has 0 spiro atoms. The Morgan fingerprint density at radius 3 is 2.92 bits per heavy atom.